The molecule has 12 heteroatoms. The van der Waals surface area contributed by atoms with E-state index in [2.05, 4.69) is 5.32 Å². The Morgan fingerprint density at radius 1 is 0.976 bits per heavy atom. The van der Waals surface area contributed by atoms with Crippen molar-refractivity contribution < 1.29 is 22.7 Å². The number of nitrogens with one attached hydrogen (secondary N) is 1. The molecule has 0 bridgehead atoms. The van der Waals surface area contributed by atoms with Gasteiger partial charge in [0.05, 0.1) is 17.7 Å². The van der Waals surface area contributed by atoms with E-state index in [-0.39, 0.29) is 23.0 Å². The minimum absolute atomic E-state index is 0.0521. The van der Waals surface area contributed by atoms with Gasteiger partial charge in [-0.1, -0.05) is 60.3 Å². The second-order valence-corrected chi connectivity index (χ2v) is 12.4. The maximum absolute atomic E-state index is 14.0. The number of anilines is 1. The zero-order valence-corrected chi connectivity index (χ0v) is 26.0. The summed E-state index contributed by atoms with van der Waals surface area (Å²) >= 11 is 18.7. The summed E-state index contributed by atoms with van der Waals surface area (Å²) in [4.78, 5) is 28.3. The molecular formula is C29H32Cl3N3O5S. The third-order valence-corrected chi connectivity index (χ3v) is 8.99. The van der Waals surface area contributed by atoms with Crippen LogP contribution in [0.3, 0.4) is 0 Å². The number of halogens is 3. The van der Waals surface area contributed by atoms with Crippen LogP contribution in [-0.4, -0.2) is 51.4 Å². The second kappa shape index (κ2) is 14.8. The Morgan fingerprint density at radius 3 is 2.27 bits per heavy atom. The standard InChI is InChI=1S/C29H32Cl3N3O5S/c1-4-5-15-33-29(37)20(2)34(18-21-9-10-23(31)17-27(21)32)28(36)19-35(24-8-6-7-22(30)16-24)41(38,39)26-13-11-25(40-3)12-14-26/h6-14,16-17,20H,4-5,15,18-19H2,1-3H3,(H,33,37)/t20-/m0/s1. The molecule has 0 fully saturated rings. The van der Waals surface area contributed by atoms with Gasteiger partial charge in [-0.2, -0.15) is 0 Å². The number of amides is 2. The van der Waals surface area contributed by atoms with Crippen molar-refractivity contribution in [1.82, 2.24) is 10.2 Å². The molecule has 220 valence electrons. The van der Waals surface area contributed by atoms with E-state index in [0.29, 0.717) is 32.9 Å². The minimum Gasteiger partial charge on any atom is -0.497 e. The molecule has 1 atom stereocenters. The van der Waals surface area contributed by atoms with Gasteiger partial charge in [-0.15, -0.1) is 0 Å². The molecule has 0 aliphatic rings. The normalized spacial score (nSPS) is 12.0. The van der Waals surface area contributed by atoms with Crippen LogP contribution in [0.5, 0.6) is 5.75 Å². The molecule has 8 nitrogen and oxygen atoms in total. The number of carbonyl (C=O) groups excluding carboxylic acids is 2. The van der Waals surface area contributed by atoms with Crippen LogP contribution >= 0.6 is 34.8 Å². The van der Waals surface area contributed by atoms with E-state index in [1.165, 1.54) is 42.3 Å². The molecule has 0 aliphatic carbocycles. The lowest BCUT2D eigenvalue weighted by molar-refractivity contribution is -0.139. The molecule has 1 N–H and O–H groups in total. The summed E-state index contributed by atoms with van der Waals surface area (Å²) in [5.74, 6) is -0.515. The molecule has 3 aromatic carbocycles. The van der Waals surface area contributed by atoms with Crippen LogP contribution in [0, 0.1) is 0 Å². The van der Waals surface area contributed by atoms with Gasteiger partial charge in [0, 0.05) is 28.2 Å². The van der Waals surface area contributed by atoms with Gasteiger partial charge in [0.1, 0.15) is 18.3 Å². The monoisotopic (exact) mass is 639 g/mol. The van der Waals surface area contributed by atoms with Gasteiger partial charge in [0.15, 0.2) is 0 Å². The SMILES string of the molecule is CCCCNC(=O)[C@H](C)N(Cc1ccc(Cl)cc1Cl)C(=O)CN(c1cccc(Cl)c1)S(=O)(=O)c1ccc(OC)cc1. The predicted molar refractivity (Wildman–Crippen MR) is 163 cm³/mol. The molecule has 0 saturated heterocycles. The van der Waals surface area contributed by atoms with Gasteiger partial charge in [0.2, 0.25) is 11.8 Å². The zero-order valence-electron chi connectivity index (χ0n) is 22.9. The predicted octanol–water partition coefficient (Wildman–Crippen LogP) is 6.18. The van der Waals surface area contributed by atoms with Gasteiger partial charge in [-0.25, -0.2) is 8.42 Å². The Kier molecular flexibility index (Phi) is 11.7. The van der Waals surface area contributed by atoms with Crippen LogP contribution in [0.25, 0.3) is 0 Å². The molecule has 0 unspecified atom stereocenters. The average molecular weight is 641 g/mol. The van der Waals surface area contributed by atoms with E-state index in [0.717, 1.165) is 17.1 Å². The fraction of sp³-hybridized carbons (Fsp3) is 0.310. The van der Waals surface area contributed by atoms with Crippen LogP contribution < -0.4 is 14.4 Å². The third-order valence-electron chi connectivity index (χ3n) is 6.38. The summed E-state index contributed by atoms with van der Waals surface area (Å²) in [5, 5.41) is 3.86. The summed E-state index contributed by atoms with van der Waals surface area (Å²) in [6, 6.07) is 15.9. The number of hydrogen-bond donors (Lipinski definition) is 1. The Bertz CT molecular complexity index is 1470. The molecule has 3 rings (SSSR count). The van der Waals surface area contributed by atoms with Crippen LogP contribution in [0.15, 0.2) is 71.6 Å². The lowest BCUT2D eigenvalue weighted by Crippen LogP contribution is -2.51. The Morgan fingerprint density at radius 2 is 1.66 bits per heavy atom. The van der Waals surface area contributed by atoms with Crippen LogP contribution in [-0.2, 0) is 26.2 Å². The first-order chi connectivity index (χ1) is 19.5. The number of benzene rings is 3. The molecular weight excluding hydrogens is 609 g/mol. The summed E-state index contributed by atoms with van der Waals surface area (Å²) in [6.45, 7) is 3.38. The molecule has 0 aliphatic heterocycles. The third kappa shape index (κ3) is 8.52. The minimum atomic E-state index is -4.25. The van der Waals surface area contributed by atoms with Crippen LogP contribution in [0.4, 0.5) is 5.69 Å². The van der Waals surface area contributed by atoms with Crippen LogP contribution in [0.2, 0.25) is 15.1 Å². The van der Waals surface area contributed by atoms with Gasteiger partial charge < -0.3 is 15.0 Å². The summed E-state index contributed by atoms with van der Waals surface area (Å²) in [6.07, 6.45) is 1.66. The number of methoxy groups -OCH3 is 1. The first-order valence-corrected chi connectivity index (χ1v) is 15.5. The molecule has 0 radical (unpaired) electrons. The number of carbonyl (C=O) groups is 2. The first kappa shape index (κ1) is 32.5. The van der Waals surface area contributed by atoms with E-state index >= 15 is 0 Å². The van der Waals surface area contributed by atoms with Gasteiger partial charge >= 0.3 is 0 Å². The van der Waals surface area contributed by atoms with Crippen molar-refractivity contribution in [3.63, 3.8) is 0 Å². The summed E-state index contributed by atoms with van der Waals surface area (Å²) in [7, 11) is -2.77. The molecule has 3 aromatic rings. The number of unbranched alkanes of at least 4 members (excludes halogenated alkanes) is 1. The quantitative estimate of drug-likeness (QED) is 0.225. The molecule has 0 aromatic heterocycles. The van der Waals surface area contributed by atoms with E-state index in [1.54, 1.807) is 43.3 Å². The van der Waals surface area contributed by atoms with Crippen molar-refractivity contribution in [3.05, 3.63) is 87.4 Å². The summed E-state index contributed by atoms with van der Waals surface area (Å²) < 4.78 is 33.9. The van der Waals surface area contributed by atoms with Gasteiger partial charge in [-0.05, 0) is 73.5 Å². The smallest absolute Gasteiger partial charge is 0.264 e. The van der Waals surface area contributed by atoms with E-state index in [1.807, 2.05) is 6.92 Å². The number of nitrogens with zero attached hydrogens (tertiary/aromatic N) is 2. The highest BCUT2D eigenvalue weighted by Crippen LogP contribution is 2.28. The molecule has 0 spiro atoms. The van der Waals surface area contributed by atoms with Crippen molar-refractivity contribution >= 4 is 62.3 Å². The maximum Gasteiger partial charge on any atom is 0.264 e. The van der Waals surface area contributed by atoms with Crippen molar-refractivity contribution in [2.24, 2.45) is 0 Å². The Labute approximate surface area is 256 Å². The highest BCUT2D eigenvalue weighted by Gasteiger charge is 2.33. The fourth-order valence-corrected chi connectivity index (χ4v) is 6.05. The molecule has 0 saturated carbocycles. The van der Waals surface area contributed by atoms with Crippen molar-refractivity contribution in [2.45, 2.75) is 44.2 Å². The molecule has 0 heterocycles. The zero-order chi connectivity index (χ0) is 30.2. The van der Waals surface area contributed by atoms with Gasteiger partial charge in [-0.3, -0.25) is 13.9 Å². The maximum atomic E-state index is 14.0. The second-order valence-electron chi connectivity index (χ2n) is 9.25. The lowest BCUT2D eigenvalue weighted by atomic mass is 10.1. The van der Waals surface area contributed by atoms with Crippen LogP contribution in [0.1, 0.15) is 32.3 Å². The number of ether oxygens (including phenoxy) is 1. The van der Waals surface area contributed by atoms with E-state index in [4.69, 9.17) is 39.5 Å². The Balaban J connectivity index is 2.03. The number of hydrogen-bond acceptors (Lipinski definition) is 5. The van der Waals surface area contributed by atoms with Crippen molar-refractivity contribution in [1.29, 1.82) is 0 Å². The first-order valence-electron chi connectivity index (χ1n) is 12.9. The summed E-state index contributed by atoms with van der Waals surface area (Å²) in [5.41, 5.74) is 0.733. The Hall–Kier alpha value is -2.98. The molecule has 41 heavy (non-hydrogen) atoms. The largest absolute Gasteiger partial charge is 0.497 e. The fourth-order valence-electron chi connectivity index (χ4n) is 3.99. The van der Waals surface area contributed by atoms with Gasteiger partial charge in [0.25, 0.3) is 10.0 Å². The number of rotatable bonds is 13. The topological polar surface area (TPSA) is 96.0 Å². The number of sulfonamides is 1. The van der Waals surface area contributed by atoms with E-state index < -0.39 is 28.5 Å². The highest BCUT2D eigenvalue weighted by molar-refractivity contribution is 7.92. The highest BCUT2D eigenvalue weighted by atomic mass is 35.5. The lowest BCUT2D eigenvalue weighted by Gasteiger charge is -2.32. The van der Waals surface area contributed by atoms with E-state index in [9.17, 15) is 18.0 Å². The molecule has 2 amide bonds. The van der Waals surface area contributed by atoms with Crippen molar-refractivity contribution in [3.8, 4) is 5.75 Å². The average Bonchev–Trinajstić information content (AvgIpc) is 2.95. The van der Waals surface area contributed by atoms with Crippen molar-refractivity contribution in [2.75, 3.05) is 24.5 Å².